The highest BCUT2D eigenvalue weighted by Crippen LogP contribution is 2.64. The third-order valence-corrected chi connectivity index (χ3v) is 11.6. The van der Waals surface area contributed by atoms with Crippen LogP contribution in [0.5, 0.6) is 0 Å². The first-order valence-electron chi connectivity index (χ1n) is 17.9. The number of fused-ring (bicyclic) bond motifs is 17. The van der Waals surface area contributed by atoms with Crippen LogP contribution in [-0.4, -0.2) is 14.5 Å². The lowest BCUT2D eigenvalue weighted by atomic mass is 9.70. The quantitative estimate of drug-likeness (QED) is 0.173. The van der Waals surface area contributed by atoms with E-state index in [9.17, 15) is 0 Å². The monoisotopic (exact) mass is 659 g/mol. The number of benzene rings is 8. The Hall–Kier alpha value is -6.84. The summed E-state index contributed by atoms with van der Waals surface area (Å²) >= 11 is 0. The second-order valence-electron chi connectivity index (χ2n) is 14.0. The van der Waals surface area contributed by atoms with Gasteiger partial charge in [-0.3, -0.25) is 4.57 Å². The summed E-state index contributed by atoms with van der Waals surface area (Å²) in [6, 6.07) is 64.0. The fraction of sp³-hybridized carbons (Fsp3) is 0.0204. The van der Waals surface area contributed by atoms with Gasteiger partial charge in [0, 0.05) is 27.1 Å². The molecule has 2 aromatic heterocycles. The van der Waals surface area contributed by atoms with Crippen LogP contribution in [0, 0.1) is 0 Å². The van der Waals surface area contributed by atoms with Crippen molar-refractivity contribution in [2.75, 3.05) is 0 Å². The van der Waals surface area contributed by atoms with E-state index in [0.29, 0.717) is 5.95 Å². The molecule has 2 aliphatic rings. The van der Waals surface area contributed by atoms with E-state index in [1.165, 1.54) is 55.3 Å². The first-order chi connectivity index (χ1) is 25.8. The number of hydrogen-bond acceptors (Lipinski definition) is 2. The molecule has 1 spiro atoms. The van der Waals surface area contributed by atoms with E-state index in [-0.39, 0.29) is 0 Å². The van der Waals surface area contributed by atoms with Crippen molar-refractivity contribution in [1.29, 1.82) is 0 Å². The van der Waals surface area contributed by atoms with Crippen LogP contribution < -0.4 is 0 Å². The summed E-state index contributed by atoms with van der Waals surface area (Å²) in [5.41, 5.74) is 15.3. The number of hydrogen-bond donors (Lipinski definition) is 0. The van der Waals surface area contributed by atoms with Gasteiger partial charge in [-0.2, -0.15) is 0 Å². The summed E-state index contributed by atoms with van der Waals surface area (Å²) in [7, 11) is 0. The van der Waals surface area contributed by atoms with Crippen LogP contribution in [-0.2, 0) is 5.41 Å². The van der Waals surface area contributed by atoms with Crippen molar-refractivity contribution in [2.45, 2.75) is 5.41 Å². The molecule has 3 heteroatoms. The van der Waals surface area contributed by atoms with Gasteiger partial charge in [-0.25, -0.2) is 9.97 Å². The van der Waals surface area contributed by atoms with E-state index in [1.54, 1.807) is 0 Å². The Labute approximate surface area is 300 Å². The van der Waals surface area contributed by atoms with Crippen LogP contribution in [0.15, 0.2) is 176 Å². The number of nitrogens with zero attached hydrogens (tertiary/aromatic N) is 3. The minimum atomic E-state index is -0.407. The Morgan fingerprint density at radius 3 is 1.79 bits per heavy atom. The Morgan fingerprint density at radius 2 is 1.02 bits per heavy atom. The van der Waals surface area contributed by atoms with E-state index in [4.69, 9.17) is 9.97 Å². The highest BCUT2D eigenvalue weighted by molar-refractivity contribution is 6.19. The third-order valence-electron chi connectivity index (χ3n) is 11.6. The molecule has 0 saturated heterocycles. The van der Waals surface area contributed by atoms with Crippen LogP contribution in [0.4, 0.5) is 0 Å². The van der Waals surface area contributed by atoms with Crippen molar-refractivity contribution < 1.29 is 0 Å². The maximum atomic E-state index is 5.45. The molecular formula is C49H29N3. The van der Waals surface area contributed by atoms with Gasteiger partial charge in [-0.05, 0) is 68.1 Å². The topological polar surface area (TPSA) is 30.7 Å². The van der Waals surface area contributed by atoms with Crippen molar-refractivity contribution in [3.63, 3.8) is 0 Å². The SMILES string of the molecule is c1ccc(-c2nc(-n3c4ccccc4c4c5c(ccc43)C3(c4ccccc4-c4ccccc43)c3ccccc3-5)nc3c2ccc2ccccc23)cc1. The van der Waals surface area contributed by atoms with E-state index in [0.717, 1.165) is 44.0 Å². The summed E-state index contributed by atoms with van der Waals surface area (Å²) in [5, 5.41) is 5.77. The molecule has 0 radical (unpaired) electrons. The molecule has 0 unspecified atom stereocenters. The molecule has 0 bridgehead atoms. The first kappa shape index (κ1) is 27.9. The van der Waals surface area contributed by atoms with Crippen molar-refractivity contribution in [3.05, 3.63) is 198 Å². The second-order valence-corrected chi connectivity index (χ2v) is 14.0. The maximum Gasteiger partial charge on any atom is 0.235 e. The molecule has 0 saturated carbocycles. The van der Waals surface area contributed by atoms with Crippen molar-refractivity contribution in [3.8, 4) is 39.5 Å². The van der Waals surface area contributed by atoms with Gasteiger partial charge in [0.25, 0.3) is 0 Å². The van der Waals surface area contributed by atoms with E-state index in [2.05, 4.69) is 180 Å². The van der Waals surface area contributed by atoms with Crippen molar-refractivity contribution in [1.82, 2.24) is 14.5 Å². The first-order valence-corrected chi connectivity index (χ1v) is 17.9. The van der Waals surface area contributed by atoms with Gasteiger partial charge in [0.2, 0.25) is 5.95 Å². The zero-order chi connectivity index (χ0) is 34.0. The Morgan fingerprint density at radius 1 is 0.404 bits per heavy atom. The average molecular weight is 660 g/mol. The van der Waals surface area contributed by atoms with Gasteiger partial charge in [-0.15, -0.1) is 0 Å². The van der Waals surface area contributed by atoms with Crippen LogP contribution >= 0.6 is 0 Å². The molecule has 0 atom stereocenters. The van der Waals surface area contributed by atoms with Crippen LogP contribution in [0.1, 0.15) is 22.3 Å². The van der Waals surface area contributed by atoms with Crippen molar-refractivity contribution >= 4 is 43.5 Å². The standard InChI is InChI=1S/C49H29N3/c1-2-15-31(16-3-1)46-37-27-26-30-14-4-5-17-32(30)47(37)51-48(50-46)52-42-25-13-9-21-36(42)45-43(52)29-28-41-44(45)35-20-8-12-24-40(35)49(41)38-22-10-6-18-33(38)34-19-7-11-23-39(34)49/h1-29H. The van der Waals surface area contributed by atoms with Gasteiger partial charge in [-0.1, -0.05) is 158 Å². The van der Waals surface area contributed by atoms with Crippen molar-refractivity contribution in [2.24, 2.45) is 0 Å². The Kier molecular flexibility index (Phi) is 5.43. The van der Waals surface area contributed by atoms with Gasteiger partial charge in [0.15, 0.2) is 0 Å². The highest BCUT2D eigenvalue weighted by atomic mass is 15.2. The second kappa shape index (κ2) is 10.1. The fourth-order valence-electron chi connectivity index (χ4n) is 9.62. The lowest BCUT2D eigenvalue weighted by Gasteiger charge is -2.30. The normalized spacial score (nSPS) is 13.5. The zero-order valence-electron chi connectivity index (χ0n) is 28.1. The van der Waals surface area contributed by atoms with Gasteiger partial charge in [0.1, 0.15) is 0 Å². The lowest BCUT2D eigenvalue weighted by Crippen LogP contribution is -2.25. The van der Waals surface area contributed by atoms with Gasteiger partial charge >= 0.3 is 0 Å². The number of aromatic nitrogens is 3. The molecule has 3 nitrogen and oxygen atoms in total. The molecule has 2 heterocycles. The third kappa shape index (κ3) is 3.40. The predicted molar refractivity (Wildman–Crippen MR) is 213 cm³/mol. The molecule has 10 aromatic rings. The molecule has 0 fully saturated rings. The van der Waals surface area contributed by atoms with Crippen LogP contribution in [0.25, 0.3) is 82.9 Å². The molecule has 12 rings (SSSR count). The van der Waals surface area contributed by atoms with Gasteiger partial charge < -0.3 is 0 Å². The summed E-state index contributed by atoms with van der Waals surface area (Å²) in [6.45, 7) is 0. The van der Waals surface area contributed by atoms with Crippen LogP contribution in [0.3, 0.4) is 0 Å². The maximum absolute atomic E-state index is 5.45. The minimum Gasteiger partial charge on any atom is -0.278 e. The number of rotatable bonds is 2. The molecule has 52 heavy (non-hydrogen) atoms. The molecule has 0 amide bonds. The summed E-state index contributed by atoms with van der Waals surface area (Å²) in [5.74, 6) is 0.673. The molecule has 0 aliphatic heterocycles. The Bertz CT molecular complexity index is 3090. The summed E-state index contributed by atoms with van der Waals surface area (Å²) in [6.07, 6.45) is 0. The summed E-state index contributed by atoms with van der Waals surface area (Å²) in [4.78, 5) is 10.9. The Balaban J connectivity index is 1.23. The molecule has 0 N–H and O–H groups in total. The largest absolute Gasteiger partial charge is 0.278 e. The fourth-order valence-corrected chi connectivity index (χ4v) is 9.62. The average Bonchev–Trinajstić information content (AvgIpc) is 3.82. The molecular weight excluding hydrogens is 631 g/mol. The van der Waals surface area contributed by atoms with Crippen LogP contribution in [0.2, 0.25) is 0 Å². The summed E-state index contributed by atoms with van der Waals surface area (Å²) < 4.78 is 2.29. The lowest BCUT2D eigenvalue weighted by molar-refractivity contribution is 0.794. The number of para-hydroxylation sites is 1. The van der Waals surface area contributed by atoms with Gasteiger partial charge in [0.05, 0.1) is 27.7 Å². The zero-order valence-corrected chi connectivity index (χ0v) is 28.1. The smallest absolute Gasteiger partial charge is 0.235 e. The minimum absolute atomic E-state index is 0.407. The predicted octanol–water partition coefficient (Wildman–Crippen LogP) is 11.9. The molecule has 8 aromatic carbocycles. The van der Waals surface area contributed by atoms with E-state index in [1.807, 2.05) is 0 Å². The van der Waals surface area contributed by atoms with E-state index < -0.39 is 5.41 Å². The van der Waals surface area contributed by atoms with E-state index >= 15 is 0 Å². The molecule has 2 aliphatic carbocycles. The highest BCUT2D eigenvalue weighted by Gasteiger charge is 2.52. The molecule has 240 valence electrons.